The third kappa shape index (κ3) is 23.5. The Balaban J connectivity index is 1.76. The lowest BCUT2D eigenvalue weighted by molar-refractivity contribution is -0.0104. The summed E-state index contributed by atoms with van der Waals surface area (Å²) in [5.74, 6) is 4.46. The first-order valence-corrected chi connectivity index (χ1v) is 46.9. The first kappa shape index (κ1) is 68.3. The third-order valence-electron chi connectivity index (χ3n) is 15.8. The van der Waals surface area contributed by atoms with E-state index in [0.717, 1.165) is 135 Å². The molecule has 6 fully saturated rings. The molecule has 0 spiro atoms. The van der Waals surface area contributed by atoms with Crippen LogP contribution in [-0.2, 0) is 49.7 Å². The van der Waals surface area contributed by atoms with Gasteiger partial charge in [0, 0.05) is 42.3 Å². The van der Waals surface area contributed by atoms with Crippen LogP contribution in [0.4, 0.5) is 0 Å². The molecular weight excluding hydrogens is 1090 g/mol. The zero-order valence-electron chi connectivity index (χ0n) is 51.6. The molecule has 6 heterocycles. The molecule has 0 radical (unpaired) electrons. The third-order valence-corrected chi connectivity index (χ3v) is 50.1. The van der Waals surface area contributed by atoms with Crippen LogP contribution in [0, 0.1) is 41.4 Å². The SMILES string of the molecule is CC(C)CCCCC[Si]12OP3O[Si]4(CCCCCC(C)C)O[Si](CCCCCC(C)C)(O1)O[Si]1(CCCCCC(C)C)O[Si](CCCCCC(C)C)(O2)O[Si](CCCCCC(C)C)(O3)O[Si](CCCCCC(C)C)(O4)O1. The van der Waals surface area contributed by atoms with E-state index in [2.05, 4.69) is 96.9 Å². The summed E-state index contributed by atoms with van der Waals surface area (Å²) in [5, 5.41) is 0. The van der Waals surface area contributed by atoms with Crippen molar-refractivity contribution in [1.29, 1.82) is 0 Å². The fraction of sp³-hybridized carbons (Fsp3) is 1.00. The summed E-state index contributed by atoms with van der Waals surface area (Å²) >= 11 is 0. The number of hydrogen-bond acceptors (Lipinski definition) is 12. The fourth-order valence-corrected chi connectivity index (χ4v) is 57.0. The Hall–Kier alpha value is 1.47. The molecule has 448 valence electrons. The maximum Gasteiger partial charge on any atom is 0.492 e. The highest BCUT2D eigenvalue weighted by Gasteiger charge is 2.80. The van der Waals surface area contributed by atoms with Crippen LogP contribution in [0.15, 0.2) is 0 Å². The molecule has 6 aliphatic heterocycles. The molecule has 0 aromatic rings. The Morgan fingerprint density at radius 3 is 0.500 bits per heavy atom. The average Bonchev–Trinajstić information content (AvgIpc) is 3.27. The maximum atomic E-state index is 8.22. The average molecular weight is 1210 g/mol. The van der Waals surface area contributed by atoms with E-state index in [4.69, 9.17) is 49.7 Å². The minimum absolute atomic E-state index is 0.592. The zero-order chi connectivity index (χ0) is 55.4. The van der Waals surface area contributed by atoms with Gasteiger partial charge < -0.3 is 49.7 Å². The van der Waals surface area contributed by atoms with Crippen LogP contribution in [0.3, 0.4) is 0 Å². The minimum atomic E-state index is -3.94. The van der Waals surface area contributed by atoms with Crippen molar-refractivity contribution < 1.29 is 49.7 Å². The van der Waals surface area contributed by atoms with Crippen LogP contribution in [0.1, 0.15) is 277 Å². The van der Waals surface area contributed by atoms with Gasteiger partial charge in [0.15, 0.2) is 0 Å². The van der Waals surface area contributed by atoms with Gasteiger partial charge in [0.05, 0.1) is 0 Å². The van der Waals surface area contributed by atoms with Gasteiger partial charge in [-0.25, -0.2) is 0 Å². The summed E-state index contributed by atoms with van der Waals surface area (Å²) in [4.78, 5) is 0. The normalized spacial score (nSPS) is 31.5. The summed E-state index contributed by atoms with van der Waals surface area (Å²) < 4.78 is 96.3. The van der Waals surface area contributed by atoms with Gasteiger partial charge in [-0.3, -0.25) is 0 Å². The van der Waals surface area contributed by atoms with E-state index >= 15 is 0 Å². The molecule has 20 heteroatoms. The van der Waals surface area contributed by atoms with Crippen molar-refractivity contribution in [3.63, 3.8) is 0 Å². The highest BCUT2D eigenvalue weighted by molar-refractivity contribution is 7.47. The van der Waals surface area contributed by atoms with E-state index in [1.54, 1.807) is 0 Å². The Kier molecular flexibility index (Phi) is 29.8. The second-order valence-corrected chi connectivity index (χ2v) is 50.2. The van der Waals surface area contributed by atoms with Crippen LogP contribution in [0.2, 0.25) is 42.3 Å². The lowest BCUT2D eigenvalue weighted by atomic mass is 10.1. The van der Waals surface area contributed by atoms with E-state index < -0.39 is 70.2 Å². The molecule has 76 heavy (non-hydrogen) atoms. The largest absolute Gasteiger partial charge is 0.492 e. The van der Waals surface area contributed by atoms with Gasteiger partial charge in [0.2, 0.25) is 0 Å². The van der Waals surface area contributed by atoms with Crippen molar-refractivity contribution in [3.8, 4) is 0 Å². The van der Waals surface area contributed by atoms with Crippen molar-refractivity contribution in [2.45, 2.75) is 319 Å². The van der Waals surface area contributed by atoms with Gasteiger partial charge in [-0.2, -0.15) is 0 Å². The molecule has 0 unspecified atom stereocenters. The fourth-order valence-electron chi connectivity index (χ4n) is 11.5. The second kappa shape index (κ2) is 33.2. The molecular formula is C56H119O12PSi7. The van der Waals surface area contributed by atoms with Crippen LogP contribution in [0.5, 0.6) is 0 Å². The molecule has 0 aromatic heterocycles. The van der Waals surface area contributed by atoms with Crippen molar-refractivity contribution in [1.82, 2.24) is 0 Å². The number of unbranched alkanes of at least 4 members (excludes halogenated alkanes) is 14. The smallest absolute Gasteiger partial charge is 0.373 e. The first-order valence-electron chi connectivity index (χ1n) is 32.2. The van der Waals surface area contributed by atoms with Crippen LogP contribution < -0.4 is 0 Å². The predicted molar refractivity (Wildman–Crippen MR) is 327 cm³/mol. The summed E-state index contributed by atoms with van der Waals surface area (Å²) in [7, 11) is -29.4. The second-order valence-electron chi connectivity index (χ2n) is 27.1. The molecule has 6 aliphatic rings. The van der Waals surface area contributed by atoms with E-state index in [9.17, 15) is 0 Å². The molecule has 0 amide bonds. The van der Waals surface area contributed by atoms with Gasteiger partial charge in [-0.05, 0) is 86.4 Å². The Morgan fingerprint density at radius 2 is 0.342 bits per heavy atom. The highest BCUT2D eigenvalue weighted by atomic mass is 31.2. The summed E-state index contributed by atoms with van der Waals surface area (Å²) in [6.45, 7) is 32.5. The summed E-state index contributed by atoms with van der Waals surface area (Å²) in [6.07, 6.45) is 29.7. The van der Waals surface area contributed by atoms with E-state index in [1.165, 1.54) is 44.9 Å². The van der Waals surface area contributed by atoms with Crippen LogP contribution in [-0.4, -0.2) is 61.6 Å². The van der Waals surface area contributed by atoms with Gasteiger partial charge in [0.25, 0.3) is 0 Å². The van der Waals surface area contributed by atoms with Gasteiger partial charge in [-0.1, -0.05) is 232 Å². The van der Waals surface area contributed by atoms with Gasteiger partial charge in [0.1, 0.15) is 0 Å². The summed E-state index contributed by atoms with van der Waals surface area (Å²) in [6, 6.07) is 4.20. The standard InChI is InChI=1S/C56H119O12PSi7/c1-50(2)36-22-15-29-43-70-57-69-58-71(44-30-16-23-37-51(3)4)62-73(60-70,46-32-18-25-39-53(7)8)66-76(49-35-21-28-42-56(13)14)67-74(61-70,47-33-19-26-40-54(9)10)63-72(59-69,45-31-17-24-38-52(5)6)65-75(64-71,68-76)48-34-20-27-41-55(11)12/h50-56H,15-49H2,1-14H3. The van der Waals surface area contributed by atoms with E-state index in [1.807, 2.05) is 0 Å². The quantitative estimate of drug-likeness (QED) is 0.0330. The summed E-state index contributed by atoms with van der Waals surface area (Å²) in [5.41, 5.74) is 0. The Labute approximate surface area is 477 Å². The Morgan fingerprint density at radius 1 is 0.197 bits per heavy atom. The molecule has 6 rings (SSSR count). The predicted octanol–water partition coefficient (Wildman–Crippen LogP) is 19.6. The van der Waals surface area contributed by atoms with Gasteiger partial charge >= 0.3 is 70.2 Å². The van der Waals surface area contributed by atoms with E-state index in [0.29, 0.717) is 83.7 Å². The number of rotatable bonds is 42. The molecule has 12 nitrogen and oxygen atoms in total. The molecule has 0 aliphatic carbocycles. The van der Waals surface area contributed by atoms with Crippen molar-refractivity contribution in [2.24, 2.45) is 41.4 Å². The molecule has 0 saturated carbocycles. The van der Waals surface area contributed by atoms with Crippen molar-refractivity contribution in [3.05, 3.63) is 0 Å². The van der Waals surface area contributed by atoms with Crippen LogP contribution >= 0.6 is 8.60 Å². The zero-order valence-corrected chi connectivity index (χ0v) is 59.5. The van der Waals surface area contributed by atoms with Crippen molar-refractivity contribution >= 4 is 70.2 Å². The lowest BCUT2D eigenvalue weighted by Crippen LogP contribution is -2.84. The van der Waals surface area contributed by atoms with E-state index in [-0.39, 0.29) is 0 Å². The minimum Gasteiger partial charge on any atom is -0.373 e. The first-order chi connectivity index (χ1) is 36.1. The molecule has 0 aromatic carbocycles. The lowest BCUT2D eigenvalue weighted by Gasteiger charge is -2.61. The Bertz CT molecular complexity index is 1420. The number of hydrogen-bond donors (Lipinski definition) is 0. The maximum absolute atomic E-state index is 8.22. The van der Waals surface area contributed by atoms with Crippen LogP contribution in [0.25, 0.3) is 0 Å². The highest BCUT2D eigenvalue weighted by Crippen LogP contribution is 2.62. The molecule has 0 atom stereocenters. The van der Waals surface area contributed by atoms with Gasteiger partial charge in [-0.15, -0.1) is 0 Å². The molecule has 8 bridgehead atoms. The van der Waals surface area contributed by atoms with Crippen molar-refractivity contribution in [2.75, 3.05) is 0 Å². The molecule has 6 saturated heterocycles. The topological polar surface area (TPSA) is 111 Å². The monoisotopic (exact) mass is 1210 g/mol. The molecule has 0 N–H and O–H groups in total.